The van der Waals surface area contributed by atoms with Crippen LogP contribution in [-0.4, -0.2) is 37.0 Å². The highest BCUT2D eigenvalue weighted by Crippen LogP contribution is 2.19. The molecule has 1 aliphatic rings. The number of nitrogens with two attached hydrogens (primary N) is 1. The van der Waals surface area contributed by atoms with Gasteiger partial charge < -0.3 is 11.1 Å². The maximum absolute atomic E-state index is 5.91. The lowest BCUT2D eigenvalue weighted by Crippen LogP contribution is -2.42. The molecule has 0 saturated carbocycles. The highest BCUT2D eigenvalue weighted by atomic mass is 127. The van der Waals surface area contributed by atoms with Crippen molar-refractivity contribution >= 4 is 41.3 Å². The van der Waals surface area contributed by atoms with Gasteiger partial charge in [-0.05, 0) is 42.7 Å². The Morgan fingerprint density at radius 3 is 3.05 bits per heavy atom. The van der Waals surface area contributed by atoms with Crippen LogP contribution in [0.5, 0.6) is 0 Å². The molecule has 4 nitrogen and oxygen atoms in total. The SMILES string of the molecule is CC(C)CN=C(N)NCC1CCCN(Cc2cccs2)C1.I. The summed E-state index contributed by atoms with van der Waals surface area (Å²) < 4.78 is 0. The Bertz CT molecular complexity index is 433. The van der Waals surface area contributed by atoms with Crippen LogP contribution in [0.2, 0.25) is 0 Å². The van der Waals surface area contributed by atoms with Gasteiger partial charge in [0.15, 0.2) is 5.96 Å². The second-order valence-corrected chi connectivity index (χ2v) is 7.36. The summed E-state index contributed by atoms with van der Waals surface area (Å²) in [6.07, 6.45) is 2.56. The smallest absolute Gasteiger partial charge is 0.188 e. The summed E-state index contributed by atoms with van der Waals surface area (Å²) in [5.41, 5.74) is 5.91. The number of piperidine rings is 1. The zero-order valence-electron chi connectivity index (χ0n) is 13.6. The number of hydrogen-bond donors (Lipinski definition) is 2. The zero-order valence-corrected chi connectivity index (χ0v) is 16.8. The van der Waals surface area contributed by atoms with E-state index in [0.717, 1.165) is 26.2 Å². The molecule has 1 saturated heterocycles. The lowest BCUT2D eigenvalue weighted by atomic mass is 9.98. The number of halogens is 1. The summed E-state index contributed by atoms with van der Waals surface area (Å²) in [4.78, 5) is 8.38. The third kappa shape index (κ3) is 7.28. The standard InChI is InChI=1S/C16H28N4S.HI/c1-13(2)9-18-16(17)19-10-14-5-3-7-20(11-14)12-15-6-4-8-21-15;/h4,6,8,13-14H,3,5,7,9-12H2,1-2H3,(H3,17,18,19);1H. The van der Waals surface area contributed by atoms with Gasteiger partial charge in [0.2, 0.25) is 0 Å². The topological polar surface area (TPSA) is 53.6 Å². The van der Waals surface area contributed by atoms with Crippen LogP contribution in [0.25, 0.3) is 0 Å². The minimum Gasteiger partial charge on any atom is -0.370 e. The molecule has 0 amide bonds. The quantitative estimate of drug-likeness (QED) is 0.409. The van der Waals surface area contributed by atoms with Gasteiger partial charge in [-0.1, -0.05) is 19.9 Å². The zero-order chi connectivity index (χ0) is 15.1. The molecule has 0 bridgehead atoms. The van der Waals surface area contributed by atoms with E-state index in [1.165, 1.54) is 24.3 Å². The largest absolute Gasteiger partial charge is 0.370 e. The van der Waals surface area contributed by atoms with Gasteiger partial charge in [0, 0.05) is 31.1 Å². The maximum Gasteiger partial charge on any atom is 0.188 e. The molecule has 1 aromatic heterocycles. The molecule has 1 unspecified atom stereocenters. The molecule has 0 aliphatic carbocycles. The Labute approximate surface area is 155 Å². The molecule has 0 radical (unpaired) electrons. The fourth-order valence-corrected chi connectivity index (χ4v) is 3.42. The van der Waals surface area contributed by atoms with Crippen molar-refractivity contribution in [1.82, 2.24) is 10.2 Å². The fourth-order valence-electron chi connectivity index (χ4n) is 2.67. The lowest BCUT2D eigenvalue weighted by molar-refractivity contribution is 0.169. The predicted molar refractivity (Wildman–Crippen MR) is 107 cm³/mol. The molecule has 0 aromatic carbocycles. The average molecular weight is 436 g/mol. The third-order valence-corrected chi connectivity index (χ3v) is 4.62. The molecule has 1 aliphatic heterocycles. The average Bonchev–Trinajstić information content (AvgIpc) is 2.96. The normalized spacial score (nSPS) is 20.0. The minimum absolute atomic E-state index is 0. The predicted octanol–water partition coefficient (Wildman–Crippen LogP) is 3.14. The van der Waals surface area contributed by atoms with Crippen LogP contribution < -0.4 is 11.1 Å². The van der Waals surface area contributed by atoms with Gasteiger partial charge in [0.1, 0.15) is 0 Å². The molecule has 1 fully saturated rings. The molecule has 2 rings (SSSR count). The summed E-state index contributed by atoms with van der Waals surface area (Å²) in [6.45, 7) is 9.50. The van der Waals surface area contributed by atoms with Crippen molar-refractivity contribution in [2.24, 2.45) is 22.6 Å². The molecule has 0 spiro atoms. The van der Waals surface area contributed by atoms with Crippen LogP contribution >= 0.6 is 35.3 Å². The van der Waals surface area contributed by atoms with Gasteiger partial charge in [-0.2, -0.15) is 0 Å². The summed E-state index contributed by atoms with van der Waals surface area (Å²) >= 11 is 1.85. The van der Waals surface area contributed by atoms with Crippen molar-refractivity contribution in [2.75, 3.05) is 26.2 Å². The van der Waals surface area contributed by atoms with Gasteiger partial charge >= 0.3 is 0 Å². The van der Waals surface area contributed by atoms with Gasteiger partial charge in [0.05, 0.1) is 0 Å². The molecule has 22 heavy (non-hydrogen) atoms. The van der Waals surface area contributed by atoms with Crippen molar-refractivity contribution < 1.29 is 0 Å². The van der Waals surface area contributed by atoms with Crippen molar-refractivity contribution in [3.63, 3.8) is 0 Å². The number of nitrogens with zero attached hydrogens (tertiary/aromatic N) is 2. The van der Waals surface area contributed by atoms with E-state index in [-0.39, 0.29) is 24.0 Å². The minimum atomic E-state index is 0. The number of guanidine groups is 1. The van der Waals surface area contributed by atoms with Crippen LogP contribution in [0.15, 0.2) is 22.5 Å². The second-order valence-electron chi connectivity index (χ2n) is 6.32. The van der Waals surface area contributed by atoms with E-state index >= 15 is 0 Å². The van der Waals surface area contributed by atoms with E-state index in [1.807, 2.05) is 11.3 Å². The first kappa shape index (κ1) is 19.7. The molecule has 1 atom stereocenters. The highest BCUT2D eigenvalue weighted by molar-refractivity contribution is 14.0. The monoisotopic (exact) mass is 436 g/mol. The molecule has 1 aromatic rings. The molecular weight excluding hydrogens is 407 g/mol. The summed E-state index contributed by atoms with van der Waals surface area (Å²) in [5.74, 6) is 1.83. The highest BCUT2D eigenvalue weighted by Gasteiger charge is 2.20. The van der Waals surface area contributed by atoms with Crippen molar-refractivity contribution in [2.45, 2.75) is 33.2 Å². The first-order valence-electron chi connectivity index (χ1n) is 7.92. The van der Waals surface area contributed by atoms with E-state index in [1.54, 1.807) is 0 Å². The Balaban J connectivity index is 0.00000242. The van der Waals surface area contributed by atoms with Crippen molar-refractivity contribution in [3.05, 3.63) is 22.4 Å². The Hall–Kier alpha value is -0.340. The number of rotatable bonds is 6. The van der Waals surface area contributed by atoms with Gasteiger partial charge in [-0.25, -0.2) is 0 Å². The van der Waals surface area contributed by atoms with Gasteiger partial charge in [0.25, 0.3) is 0 Å². The first-order valence-corrected chi connectivity index (χ1v) is 8.80. The van der Waals surface area contributed by atoms with E-state index in [4.69, 9.17) is 5.73 Å². The van der Waals surface area contributed by atoms with E-state index in [9.17, 15) is 0 Å². The lowest BCUT2D eigenvalue weighted by Gasteiger charge is -2.32. The molecular formula is C16H29IN4S. The number of thiophene rings is 1. The molecule has 6 heteroatoms. The van der Waals surface area contributed by atoms with Crippen LogP contribution in [0, 0.1) is 11.8 Å². The Morgan fingerprint density at radius 1 is 1.55 bits per heavy atom. The van der Waals surface area contributed by atoms with E-state index < -0.39 is 0 Å². The first-order chi connectivity index (χ1) is 10.1. The van der Waals surface area contributed by atoms with E-state index in [0.29, 0.717) is 17.8 Å². The summed E-state index contributed by atoms with van der Waals surface area (Å²) in [7, 11) is 0. The number of aliphatic imine (C=N–C) groups is 1. The molecule has 126 valence electrons. The third-order valence-electron chi connectivity index (χ3n) is 3.76. The van der Waals surface area contributed by atoms with Gasteiger partial charge in [-0.3, -0.25) is 9.89 Å². The summed E-state index contributed by atoms with van der Waals surface area (Å²) in [5, 5.41) is 5.45. The Kier molecular flexibility index (Phi) is 9.35. The summed E-state index contributed by atoms with van der Waals surface area (Å²) in [6, 6.07) is 4.36. The fraction of sp³-hybridized carbons (Fsp3) is 0.688. The number of likely N-dealkylation sites (tertiary alicyclic amines) is 1. The second kappa shape index (κ2) is 10.4. The Morgan fingerprint density at radius 2 is 2.36 bits per heavy atom. The maximum atomic E-state index is 5.91. The van der Waals surface area contributed by atoms with Crippen LogP contribution in [0.1, 0.15) is 31.6 Å². The van der Waals surface area contributed by atoms with Crippen LogP contribution in [0.4, 0.5) is 0 Å². The number of hydrogen-bond acceptors (Lipinski definition) is 3. The van der Waals surface area contributed by atoms with Crippen LogP contribution in [0.3, 0.4) is 0 Å². The van der Waals surface area contributed by atoms with Crippen LogP contribution in [-0.2, 0) is 6.54 Å². The molecule has 3 N–H and O–H groups in total. The van der Waals surface area contributed by atoms with E-state index in [2.05, 4.69) is 46.6 Å². The van der Waals surface area contributed by atoms with Crippen molar-refractivity contribution in [3.8, 4) is 0 Å². The van der Waals surface area contributed by atoms with Gasteiger partial charge in [-0.15, -0.1) is 35.3 Å². The number of nitrogens with one attached hydrogen (secondary N) is 1. The van der Waals surface area contributed by atoms with Crippen molar-refractivity contribution in [1.29, 1.82) is 0 Å². The molecule has 2 heterocycles.